The maximum Gasteiger partial charge on any atom is 0.303 e. The molecule has 0 saturated carbocycles. The smallest absolute Gasteiger partial charge is 0.303 e. The average Bonchev–Trinajstić information content (AvgIpc) is 2.59. The van der Waals surface area contributed by atoms with Gasteiger partial charge in [-0.25, -0.2) is 0 Å². The molecule has 1 aromatic rings. The van der Waals surface area contributed by atoms with Gasteiger partial charge >= 0.3 is 17.9 Å². The lowest BCUT2D eigenvalue weighted by atomic mass is 10.1. The van der Waals surface area contributed by atoms with Gasteiger partial charge in [-0.3, -0.25) is 14.4 Å². The van der Waals surface area contributed by atoms with Crippen LogP contribution in [0.25, 0.3) is 0 Å². The topological polar surface area (TPSA) is 112 Å². The van der Waals surface area contributed by atoms with Crippen molar-refractivity contribution in [3.8, 4) is 11.8 Å². The summed E-state index contributed by atoms with van der Waals surface area (Å²) in [6, 6.07) is 8.50. The largest absolute Gasteiger partial charge is 0.476 e. The van der Waals surface area contributed by atoms with Crippen molar-refractivity contribution in [3.63, 3.8) is 0 Å². The average molecular weight is 393 g/mol. The number of nitriles is 1. The Morgan fingerprint density at radius 1 is 1.04 bits per heavy atom. The predicted molar refractivity (Wildman–Crippen MR) is 94.7 cm³/mol. The first-order valence-electron chi connectivity index (χ1n) is 8.10. The highest BCUT2D eigenvalue weighted by atomic mass is 32.2. The molecule has 0 spiro atoms. The maximum atomic E-state index is 11.6. The fourth-order valence-corrected chi connectivity index (χ4v) is 3.80. The molecule has 2 rings (SSSR count). The highest BCUT2D eigenvalue weighted by Crippen LogP contribution is 2.34. The molecule has 1 aliphatic heterocycles. The predicted octanol–water partition coefficient (Wildman–Crippen LogP) is 1.81. The molecule has 144 valence electrons. The number of esters is 3. The fraction of sp³-hybridized carbons (Fsp3) is 0.444. The standard InChI is InChI=1S/C18H19NO7S/c1-10(20)23-15-9-27-18(26-14-6-4-5-13(7-14)8-19)17(25-12(3)22)16(15)24-11(2)21/h4-7,15-18H,9H2,1-3H3/t15-,16+,17-,18-/m1/s1. The number of benzene rings is 1. The number of carbonyl (C=O) groups is 3. The number of hydrogen-bond acceptors (Lipinski definition) is 9. The van der Waals surface area contributed by atoms with Crippen molar-refractivity contribution in [1.82, 2.24) is 0 Å². The van der Waals surface area contributed by atoms with Gasteiger partial charge in [0, 0.05) is 26.5 Å². The summed E-state index contributed by atoms with van der Waals surface area (Å²) in [5.74, 6) is -1.07. The van der Waals surface area contributed by atoms with Gasteiger partial charge in [0.25, 0.3) is 0 Å². The molecule has 0 unspecified atom stereocenters. The second kappa shape index (κ2) is 9.28. The Morgan fingerprint density at radius 3 is 2.26 bits per heavy atom. The Bertz CT molecular complexity index is 760. The molecule has 1 aromatic carbocycles. The van der Waals surface area contributed by atoms with E-state index in [2.05, 4.69) is 0 Å². The molecule has 0 amide bonds. The molecule has 0 bridgehead atoms. The number of ether oxygens (including phenoxy) is 4. The third-order valence-electron chi connectivity index (χ3n) is 3.52. The van der Waals surface area contributed by atoms with E-state index in [1.807, 2.05) is 6.07 Å². The molecule has 8 nitrogen and oxygen atoms in total. The Kier molecular flexibility index (Phi) is 7.07. The molecule has 4 atom stereocenters. The van der Waals surface area contributed by atoms with Gasteiger partial charge in [-0.1, -0.05) is 6.07 Å². The molecule has 1 aliphatic rings. The van der Waals surface area contributed by atoms with Crippen LogP contribution in [-0.2, 0) is 28.6 Å². The van der Waals surface area contributed by atoms with Crippen LogP contribution in [0.1, 0.15) is 26.3 Å². The molecule has 0 radical (unpaired) electrons. The van der Waals surface area contributed by atoms with Crippen LogP contribution >= 0.6 is 11.8 Å². The van der Waals surface area contributed by atoms with E-state index in [1.165, 1.54) is 32.5 Å². The fourth-order valence-electron chi connectivity index (χ4n) is 2.58. The summed E-state index contributed by atoms with van der Waals surface area (Å²) in [4.78, 5) is 34.5. The summed E-state index contributed by atoms with van der Waals surface area (Å²) in [6.07, 6.45) is -2.80. The Balaban J connectivity index is 2.29. The van der Waals surface area contributed by atoms with Gasteiger partial charge in [-0.05, 0) is 18.2 Å². The molecule has 9 heteroatoms. The first-order chi connectivity index (χ1) is 12.8. The van der Waals surface area contributed by atoms with Crippen LogP contribution < -0.4 is 4.74 Å². The lowest BCUT2D eigenvalue weighted by Gasteiger charge is -2.39. The molecule has 0 aromatic heterocycles. The first kappa shape index (κ1) is 20.6. The summed E-state index contributed by atoms with van der Waals surface area (Å²) in [6.45, 7) is 3.67. The van der Waals surface area contributed by atoms with Gasteiger partial charge < -0.3 is 18.9 Å². The summed E-state index contributed by atoms with van der Waals surface area (Å²) in [5, 5.41) is 9.01. The zero-order valence-corrected chi connectivity index (χ0v) is 15.9. The second-order valence-electron chi connectivity index (χ2n) is 5.76. The number of hydrogen-bond donors (Lipinski definition) is 0. The quantitative estimate of drug-likeness (QED) is 0.546. The third-order valence-corrected chi connectivity index (χ3v) is 4.73. The van der Waals surface area contributed by atoms with Crippen molar-refractivity contribution >= 4 is 29.7 Å². The Morgan fingerprint density at radius 2 is 1.67 bits per heavy atom. The molecular formula is C18H19NO7S. The molecule has 27 heavy (non-hydrogen) atoms. The molecule has 1 saturated heterocycles. The van der Waals surface area contributed by atoms with E-state index in [1.54, 1.807) is 24.3 Å². The van der Waals surface area contributed by atoms with Gasteiger partial charge in [-0.2, -0.15) is 5.26 Å². The Hall–Kier alpha value is -2.73. The lowest BCUT2D eigenvalue weighted by molar-refractivity contribution is -0.186. The minimum atomic E-state index is -1.01. The van der Waals surface area contributed by atoms with Crippen molar-refractivity contribution in [2.45, 2.75) is 44.5 Å². The summed E-state index contributed by atoms with van der Waals surface area (Å²) < 4.78 is 21.7. The van der Waals surface area contributed by atoms with Crippen LogP contribution in [0.5, 0.6) is 5.75 Å². The summed E-state index contributed by atoms with van der Waals surface area (Å²) in [7, 11) is 0. The van der Waals surface area contributed by atoms with E-state index in [-0.39, 0.29) is 5.75 Å². The van der Waals surface area contributed by atoms with Crippen molar-refractivity contribution in [2.75, 3.05) is 5.75 Å². The van der Waals surface area contributed by atoms with E-state index < -0.39 is 41.7 Å². The van der Waals surface area contributed by atoms with Crippen LogP contribution in [0.4, 0.5) is 0 Å². The van der Waals surface area contributed by atoms with E-state index in [9.17, 15) is 14.4 Å². The highest BCUT2D eigenvalue weighted by molar-refractivity contribution is 7.99. The monoisotopic (exact) mass is 393 g/mol. The zero-order chi connectivity index (χ0) is 20.0. The molecule has 1 fully saturated rings. The van der Waals surface area contributed by atoms with E-state index >= 15 is 0 Å². The molecule has 0 N–H and O–H groups in total. The van der Waals surface area contributed by atoms with Gasteiger partial charge in [-0.15, -0.1) is 11.8 Å². The number of rotatable bonds is 5. The molecular weight excluding hydrogens is 374 g/mol. The normalized spacial score (nSPS) is 24.2. The maximum absolute atomic E-state index is 11.6. The SMILES string of the molecule is CC(=O)O[C@@H]1[C@@H](OC(C)=O)[C@H](OC(C)=O)CS[C@H]1Oc1cccc(C#N)c1. The minimum Gasteiger partial charge on any atom is -0.476 e. The number of thioether (sulfide) groups is 1. The van der Waals surface area contributed by atoms with Crippen molar-refractivity contribution in [2.24, 2.45) is 0 Å². The summed E-state index contributed by atoms with van der Waals surface area (Å²) >= 11 is 1.25. The van der Waals surface area contributed by atoms with E-state index in [4.69, 9.17) is 24.2 Å². The van der Waals surface area contributed by atoms with Crippen molar-refractivity contribution in [1.29, 1.82) is 5.26 Å². The number of nitrogens with zero attached hydrogens (tertiary/aromatic N) is 1. The van der Waals surface area contributed by atoms with Crippen LogP contribution in [0.2, 0.25) is 0 Å². The van der Waals surface area contributed by atoms with Gasteiger partial charge in [0.05, 0.1) is 11.6 Å². The zero-order valence-electron chi connectivity index (χ0n) is 15.0. The van der Waals surface area contributed by atoms with Crippen LogP contribution in [0.15, 0.2) is 24.3 Å². The second-order valence-corrected chi connectivity index (χ2v) is 6.89. The van der Waals surface area contributed by atoms with Crippen molar-refractivity contribution in [3.05, 3.63) is 29.8 Å². The number of carbonyl (C=O) groups excluding carboxylic acids is 3. The van der Waals surface area contributed by atoms with E-state index in [0.29, 0.717) is 11.3 Å². The molecule has 1 heterocycles. The third kappa shape index (κ3) is 5.89. The molecule has 0 aliphatic carbocycles. The van der Waals surface area contributed by atoms with Crippen LogP contribution in [0, 0.1) is 11.3 Å². The van der Waals surface area contributed by atoms with Crippen LogP contribution in [0.3, 0.4) is 0 Å². The first-order valence-corrected chi connectivity index (χ1v) is 9.15. The van der Waals surface area contributed by atoms with Crippen LogP contribution in [-0.4, -0.2) is 47.4 Å². The van der Waals surface area contributed by atoms with Crippen molar-refractivity contribution < 1.29 is 33.3 Å². The van der Waals surface area contributed by atoms with E-state index in [0.717, 1.165) is 0 Å². The Labute approximate surface area is 160 Å². The summed E-state index contributed by atoms with van der Waals surface area (Å²) in [5.41, 5.74) is -0.314. The highest BCUT2D eigenvalue weighted by Gasteiger charge is 2.47. The van der Waals surface area contributed by atoms with Gasteiger partial charge in [0.2, 0.25) is 0 Å². The van der Waals surface area contributed by atoms with Gasteiger partial charge in [0.1, 0.15) is 5.75 Å². The lowest BCUT2D eigenvalue weighted by Crippen LogP contribution is -2.55. The minimum absolute atomic E-state index is 0.276. The van der Waals surface area contributed by atoms with Gasteiger partial charge in [0.15, 0.2) is 23.7 Å².